The third-order valence-corrected chi connectivity index (χ3v) is 4.91. The van der Waals surface area contributed by atoms with E-state index < -0.39 is 0 Å². The highest BCUT2D eigenvalue weighted by atomic mass is 16.2. The van der Waals surface area contributed by atoms with Crippen LogP contribution in [-0.4, -0.2) is 74.0 Å². The number of likely N-dealkylation sites (N-methyl/N-ethyl adjacent to an activating group) is 2. The first kappa shape index (κ1) is 18.9. The zero-order chi connectivity index (χ0) is 17.2. The van der Waals surface area contributed by atoms with E-state index in [9.17, 15) is 4.79 Å². The molecule has 1 aromatic carbocycles. The summed E-state index contributed by atoms with van der Waals surface area (Å²) in [5, 5.41) is 0. The van der Waals surface area contributed by atoms with E-state index in [2.05, 4.69) is 54.2 Å². The van der Waals surface area contributed by atoms with Crippen molar-refractivity contribution < 1.29 is 4.79 Å². The Morgan fingerprint density at radius 2 is 1.71 bits per heavy atom. The van der Waals surface area contributed by atoms with E-state index in [-0.39, 0.29) is 0 Å². The predicted molar refractivity (Wildman–Crippen MR) is 100 cm³/mol. The van der Waals surface area contributed by atoms with E-state index in [0.29, 0.717) is 5.91 Å². The van der Waals surface area contributed by atoms with E-state index in [1.54, 1.807) is 0 Å². The van der Waals surface area contributed by atoms with Gasteiger partial charge in [0.1, 0.15) is 0 Å². The first-order valence-corrected chi connectivity index (χ1v) is 9.34. The minimum absolute atomic E-state index is 0.348. The average molecular weight is 332 g/mol. The van der Waals surface area contributed by atoms with Crippen molar-refractivity contribution in [1.82, 2.24) is 14.7 Å². The minimum Gasteiger partial charge on any atom is -0.340 e. The molecule has 1 saturated heterocycles. The number of carbonyl (C=O) groups is 1. The molecular formula is C20H33N3O. The standard InChI is InChI=1S/C20H33N3O/c1-21(14-12-19-9-5-3-6-10-19)13-8-4-7-11-20(24)23-17-15-22(2)16-18-23/h3,5-6,9-10H,4,7-8,11-18H2,1-2H3. The van der Waals surface area contributed by atoms with E-state index in [0.717, 1.165) is 65.0 Å². The van der Waals surface area contributed by atoms with Gasteiger partial charge in [0.05, 0.1) is 0 Å². The number of unbranched alkanes of at least 4 members (excludes halogenated alkanes) is 2. The van der Waals surface area contributed by atoms with Crippen molar-refractivity contribution in [2.24, 2.45) is 0 Å². The molecule has 1 fully saturated rings. The summed E-state index contributed by atoms with van der Waals surface area (Å²) in [7, 11) is 4.31. The van der Waals surface area contributed by atoms with Gasteiger partial charge in [0, 0.05) is 39.1 Å². The molecular weight excluding hydrogens is 298 g/mol. The van der Waals surface area contributed by atoms with Crippen LogP contribution in [0.1, 0.15) is 31.2 Å². The number of nitrogens with zero attached hydrogens (tertiary/aromatic N) is 3. The highest BCUT2D eigenvalue weighted by Gasteiger charge is 2.18. The van der Waals surface area contributed by atoms with E-state index in [1.807, 2.05) is 4.90 Å². The lowest BCUT2D eigenvalue weighted by atomic mass is 10.1. The molecule has 0 radical (unpaired) electrons. The maximum Gasteiger partial charge on any atom is 0.222 e. The van der Waals surface area contributed by atoms with Crippen molar-refractivity contribution in [3.05, 3.63) is 35.9 Å². The maximum absolute atomic E-state index is 12.2. The number of hydrogen-bond donors (Lipinski definition) is 0. The number of carbonyl (C=O) groups excluding carboxylic acids is 1. The van der Waals surface area contributed by atoms with Crippen LogP contribution >= 0.6 is 0 Å². The molecule has 1 aliphatic heterocycles. The SMILES string of the molecule is CN(CCCCCC(=O)N1CCN(C)CC1)CCc1ccccc1. The summed E-state index contributed by atoms with van der Waals surface area (Å²) in [5.41, 5.74) is 1.40. The third kappa shape index (κ3) is 7.02. The second-order valence-electron chi connectivity index (χ2n) is 7.03. The monoisotopic (exact) mass is 331 g/mol. The van der Waals surface area contributed by atoms with Gasteiger partial charge in [0.15, 0.2) is 0 Å². The molecule has 0 aromatic heterocycles. The van der Waals surface area contributed by atoms with Crippen LogP contribution < -0.4 is 0 Å². The van der Waals surface area contributed by atoms with Crippen LogP contribution in [0.2, 0.25) is 0 Å². The van der Waals surface area contributed by atoms with E-state index in [4.69, 9.17) is 0 Å². The summed E-state index contributed by atoms with van der Waals surface area (Å²) in [6, 6.07) is 10.7. The zero-order valence-electron chi connectivity index (χ0n) is 15.4. The number of benzene rings is 1. The number of rotatable bonds is 9. The molecule has 0 spiro atoms. The summed E-state index contributed by atoms with van der Waals surface area (Å²) in [6.07, 6.45) is 5.19. The van der Waals surface area contributed by atoms with Crippen LogP contribution in [0.5, 0.6) is 0 Å². The van der Waals surface area contributed by atoms with Crippen LogP contribution in [0.25, 0.3) is 0 Å². The Bertz CT molecular complexity index is 469. The Kier molecular flexibility index (Phi) is 8.26. The van der Waals surface area contributed by atoms with Crippen LogP contribution in [0.4, 0.5) is 0 Å². The highest BCUT2D eigenvalue weighted by molar-refractivity contribution is 5.76. The smallest absolute Gasteiger partial charge is 0.222 e. The summed E-state index contributed by atoms with van der Waals surface area (Å²) >= 11 is 0. The number of amides is 1. The Morgan fingerprint density at radius 1 is 1.00 bits per heavy atom. The molecule has 24 heavy (non-hydrogen) atoms. The van der Waals surface area contributed by atoms with Crippen molar-refractivity contribution in [2.75, 3.05) is 53.4 Å². The van der Waals surface area contributed by atoms with Crippen molar-refractivity contribution in [1.29, 1.82) is 0 Å². The Hall–Kier alpha value is -1.39. The molecule has 0 saturated carbocycles. The normalized spacial score (nSPS) is 15.9. The minimum atomic E-state index is 0.348. The molecule has 0 bridgehead atoms. The number of hydrogen-bond acceptors (Lipinski definition) is 3. The Morgan fingerprint density at radius 3 is 2.42 bits per heavy atom. The quantitative estimate of drug-likeness (QED) is 0.651. The molecule has 0 aliphatic carbocycles. The topological polar surface area (TPSA) is 26.8 Å². The van der Waals surface area contributed by atoms with Gasteiger partial charge in [-0.2, -0.15) is 0 Å². The first-order chi connectivity index (χ1) is 11.6. The van der Waals surface area contributed by atoms with E-state index >= 15 is 0 Å². The van der Waals surface area contributed by atoms with Crippen molar-refractivity contribution in [2.45, 2.75) is 32.1 Å². The summed E-state index contributed by atoms with van der Waals surface area (Å²) < 4.78 is 0. The van der Waals surface area contributed by atoms with Gasteiger partial charge in [-0.05, 0) is 45.5 Å². The van der Waals surface area contributed by atoms with Crippen LogP contribution in [0.15, 0.2) is 30.3 Å². The zero-order valence-corrected chi connectivity index (χ0v) is 15.4. The highest BCUT2D eigenvalue weighted by Crippen LogP contribution is 2.07. The molecule has 134 valence electrons. The fraction of sp³-hybridized carbons (Fsp3) is 0.650. The van der Waals surface area contributed by atoms with Gasteiger partial charge in [-0.15, -0.1) is 0 Å². The fourth-order valence-electron chi connectivity index (χ4n) is 3.13. The van der Waals surface area contributed by atoms with Gasteiger partial charge in [-0.25, -0.2) is 0 Å². The Balaban J connectivity index is 1.49. The summed E-state index contributed by atoms with van der Waals surface area (Å²) in [5.74, 6) is 0.348. The van der Waals surface area contributed by atoms with Crippen LogP contribution in [-0.2, 0) is 11.2 Å². The first-order valence-electron chi connectivity index (χ1n) is 9.34. The lowest BCUT2D eigenvalue weighted by molar-refractivity contribution is -0.132. The molecule has 2 rings (SSSR count). The van der Waals surface area contributed by atoms with Crippen molar-refractivity contribution in [3.8, 4) is 0 Å². The lowest BCUT2D eigenvalue weighted by Gasteiger charge is -2.32. The van der Waals surface area contributed by atoms with E-state index in [1.165, 1.54) is 12.0 Å². The van der Waals surface area contributed by atoms with Crippen molar-refractivity contribution in [3.63, 3.8) is 0 Å². The second kappa shape index (κ2) is 10.5. The molecule has 0 atom stereocenters. The van der Waals surface area contributed by atoms with Gasteiger partial charge in [-0.1, -0.05) is 36.8 Å². The van der Waals surface area contributed by atoms with Crippen LogP contribution in [0, 0.1) is 0 Å². The molecule has 0 unspecified atom stereocenters. The molecule has 1 heterocycles. The molecule has 4 nitrogen and oxygen atoms in total. The predicted octanol–water partition coefficient (Wildman–Crippen LogP) is 2.50. The largest absolute Gasteiger partial charge is 0.340 e. The summed E-state index contributed by atoms with van der Waals surface area (Å²) in [4.78, 5) is 18.9. The molecule has 4 heteroatoms. The lowest BCUT2D eigenvalue weighted by Crippen LogP contribution is -2.47. The van der Waals surface area contributed by atoms with Gasteiger partial charge in [0.2, 0.25) is 5.91 Å². The van der Waals surface area contributed by atoms with Crippen molar-refractivity contribution >= 4 is 5.91 Å². The van der Waals surface area contributed by atoms with Gasteiger partial charge in [-0.3, -0.25) is 4.79 Å². The third-order valence-electron chi connectivity index (χ3n) is 4.91. The van der Waals surface area contributed by atoms with Gasteiger partial charge >= 0.3 is 0 Å². The molecule has 1 aromatic rings. The number of piperazine rings is 1. The van der Waals surface area contributed by atoms with Crippen LogP contribution in [0.3, 0.4) is 0 Å². The molecule has 0 N–H and O–H groups in total. The summed E-state index contributed by atoms with van der Waals surface area (Å²) in [6.45, 7) is 6.05. The van der Waals surface area contributed by atoms with Gasteiger partial charge in [0.25, 0.3) is 0 Å². The maximum atomic E-state index is 12.2. The second-order valence-corrected chi connectivity index (χ2v) is 7.03. The van der Waals surface area contributed by atoms with Gasteiger partial charge < -0.3 is 14.7 Å². The Labute approximate surface area is 147 Å². The molecule has 1 aliphatic rings. The average Bonchev–Trinajstić information content (AvgIpc) is 2.61. The molecule has 1 amide bonds. The fourth-order valence-corrected chi connectivity index (χ4v) is 3.13.